The average Bonchev–Trinajstić information content (AvgIpc) is 3.06. The first-order valence-electron chi connectivity index (χ1n) is 8.18. The number of benzene rings is 1. The summed E-state index contributed by atoms with van der Waals surface area (Å²) >= 11 is 7.50. The quantitative estimate of drug-likeness (QED) is 0.808. The molecule has 25 heavy (non-hydrogen) atoms. The summed E-state index contributed by atoms with van der Waals surface area (Å²) in [5, 5.41) is 9.27. The Hall–Kier alpha value is -1.67. The molecule has 0 atom stereocenters. The van der Waals surface area contributed by atoms with E-state index >= 15 is 0 Å². The Labute approximate surface area is 156 Å². The number of hydrogen-bond acceptors (Lipinski definition) is 5. The number of thiazole rings is 1. The minimum absolute atomic E-state index is 0.218. The highest BCUT2D eigenvalue weighted by Crippen LogP contribution is 2.13. The number of halogens is 1. The summed E-state index contributed by atoms with van der Waals surface area (Å²) in [6, 6.07) is 7.21. The van der Waals surface area contributed by atoms with Crippen molar-refractivity contribution in [3.05, 3.63) is 50.9 Å². The molecule has 1 aliphatic rings. The zero-order valence-electron chi connectivity index (χ0n) is 13.8. The number of nitrogens with one attached hydrogen (secondary N) is 2. The van der Waals surface area contributed by atoms with Gasteiger partial charge in [0.05, 0.1) is 25.5 Å². The van der Waals surface area contributed by atoms with E-state index in [9.17, 15) is 4.79 Å². The maximum atomic E-state index is 11.9. The molecular formula is C17H21ClN4O2S. The molecule has 0 unspecified atom stereocenters. The summed E-state index contributed by atoms with van der Waals surface area (Å²) < 4.78 is 5.35. The molecule has 8 heteroatoms. The van der Waals surface area contributed by atoms with Crippen molar-refractivity contribution in [3.8, 4) is 0 Å². The zero-order chi connectivity index (χ0) is 17.5. The van der Waals surface area contributed by atoms with Crippen LogP contribution >= 0.6 is 22.9 Å². The first-order chi connectivity index (χ1) is 12.2. The number of morpholine rings is 1. The molecule has 1 aliphatic heterocycles. The highest BCUT2D eigenvalue weighted by Gasteiger charge is 2.12. The third kappa shape index (κ3) is 5.97. The highest BCUT2D eigenvalue weighted by atomic mass is 35.5. The van der Waals surface area contributed by atoms with Crippen LogP contribution in [0.1, 0.15) is 16.3 Å². The molecule has 0 bridgehead atoms. The van der Waals surface area contributed by atoms with Crippen molar-refractivity contribution < 1.29 is 9.53 Å². The number of rotatable bonds is 6. The molecule has 6 nitrogen and oxygen atoms in total. The van der Waals surface area contributed by atoms with E-state index < -0.39 is 0 Å². The third-order valence-corrected chi connectivity index (χ3v) is 4.96. The highest BCUT2D eigenvalue weighted by molar-refractivity contribution is 7.09. The van der Waals surface area contributed by atoms with Crippen LogP contribution in [-0.4, -0.2) is 42.2 Å². The summed E-state index contributed by atoms with van der Waals surface area (Å²) in [7, 11) is 0. The summed E-state index contributed by atoms with van der Waals surface area (Å²) in [5.74, 6) is 0. The summed E-state index contributed by atoms with van der Waals surface area (Å²) in [6.45, 7) is 5.15. The lowest BCUT2D eigenvalue weighted by Gasteiger charge is -2.25. The van der Waals surface area contributed by atoms with E-state index in [1.54, 1.807) is 11.3 Å². The average molecular weight is 381 g/mol. The van der Waals surface area contributed by atoms with Crippen LogP contribution in [0.5, 0.6) is 0 Å². The van der Waals surface area contributed by atoms with Crippen LogP contribution in [0.3, 0.4) is 0 Å². The van der Waals surface area contributed by atoms with Crippen LogP contribution in [0, 0.1) is 0 Å². The van der Waals surface area contributed by atoms with Gasteiger partial charge in [0.2, 0.25) is 0 Å². The lowest BCUT2D eigenvalue weighted by atomic mass is 10.2. The molecule has 1 saturated heterocycles. The number of hydrogen-bond donors (Lipinski definition) is 2. The predicted octanol–water partition coefficient (Wildman–Crippen LogP) is 2.63. The number of nitrogens with zero attached hydrogens (tertiary/aromatic N) is 2. The Bertz CT molecular complexity index is 703. The molecule has 3 rings (SSSR count). The number of urea groups is 1. The van der Waals surface area contributed by atoms with E-state index in [4.69, 9.17) is 16.3 Å². The van der Waals surface area contributed by atoms with Gasteiger partial charge in [0.1, 0.15) is 5.01 Å². The predicted molar refractivity (Wildman–Crippen MR) is 98.7 cm³/mol. The summed E-state index contributed by atoms with van der Waals surface area (Å²) in [6.07, 6.45) is 0. The standard InChI is InChI=1S/C17H21ClN4O2S/c18-14-3-1-2-13(8-14)9-19-17(23)20-10-16-21-15(12-25-16)11-22-4-6-24-7-5-22/h1-3,8,12H,4-7,9-11H2,(H2,19,20,23). The van der Waals surface area contributed by atoms with E-state index in [0.29, 0.717) is 18.1 Å². The van der Waals surface area contributed by atoms with Gasteiger partial charge in [0.25, 0.3) is 0 Å². The second-order valence-electron chi connectivity index (χ2n) is 5.79. The van der Waals surface area contributed by atoms with Gasteiger partial charge < -0.3 is 15.4 Å². The fourth-order valence-electron chi connectivity index (χ4n) is 2.54. The fourth-order valence-corrected chi connectivity index (χ4v) is 3.48. The van der Waals surface area contributed by atoms with Crippen molar-refractivity contribution in [2.75, 3.05) is 26.3 Å². The SMILES string of the molecule is O=C(NCc1cccc(Cl)c1)NCc1nc(CN2CCOCC2)cs1. The Morgan fingerprint density at radius 2 is 2.08 bits per heavy atom. The van der Waals surface area contributed by atoms with Crippen LogP contribution in [0.2, 0.25) is 5.02 Å². The maximum Gasteiger partial charge on any atom is 0.315 e. The van der Waals surface area contributed by atoms with Crippen molar-refractivity contribution in [2.45, 2.75) is 19.6 Å². The molecule has 2 aromatic rings. The number of aromatic nitrogens is 1. The van der Waals surface area contributed by atoms with E-state index in [-0.39, 0.29) is 6.03 Å². The maximum absolute atomic E-state index is 11.9. The van der Waals surface area contributed by atoms with Gasteiger partial charge in [-0.2, -0.15) is 0 Å². The smallest absolute Gasteiger partial charge is 0.315 e. The number of amides is 2. The van der Waals surface area contributed by atoms with Crippen molar-refractivity contribution in [2.24, 2.45) is 0 Å². The van der Waals surface area contributed by atoms with Gasteiger partial charge in [-0.25, -0.2) is 9.78 Å². The van der Waals surface area contributed by atoms with Crippen LogP contribution in [-0.2, 0) is 24.4 Å². The monoisotopic (exact) mass is 380 g/mol. The molecule has 1 fully saturated rings. The Morgan fingerprint density at radius 1 is 1.28 bits per heavy atom. The van der Waals surface area contributed by atoms with Crippen LogP contribution in [0.4, 0.5) is 4.79 Å². The summed E-state index contributed by atoms with van der Waals surface area (Å²) in [5.41, 5.74) is 2.01. The molecule has 2 amide bonds. The number of carbonyl (C=O) groups excluding carboxylic acids is 1. The second-order valence-corrected chi connectivity index (χ2v) is 7.17. The van der Waals surface area contributed by atoms with Crippen molar-refractivity contribution in [1.29, 1.82) is 0 Å². The van der Waals surface area contributed by atoms with Crippen molar-refractivity contribution in [3.63, 3.8) is 0 Å². The third-order valence-electron chi connectivity index (χ3n) is 3.83. The first-order valence-corrected chi connectivity index (χ1v) is 9.44. The molecule has 0 saturated carbocycles. The molecule has 0 aliphatic carbocycles. The fraction of sp³-hybridized carbons (Fsp3) is 0.412. The lowest BCUT2D eigenvalue weighted by molar-refractivity contribution is 0.0337. The van der Waals surface area contributed by atoms with E-state index in [2.05, 4.69) is 25.9 Å². The number of ether oxygens (including phenoxy) is 1. The van der Waals surface area contributed by atoms with Gasteiger partial charge in [-0.3, -0.25) is 4.90 Å². The normalized spacial score (nSPS) is 15.1. The molecule has 2 N–H and O–H groups in total. The van der Waals surface area contributed by atoms with E-state index in [1.807, 2.05) is 24.3 Å². The van der Waals surface area contributed by atoms with Gasteiger partial charge in [0.15, 0.2) is 0 Å². The minimum Gasteiger partial charge on any atom is -0.379 e. The Morgan fingerprint density at radius 3 is 2.88 bits per heavy atom. The van der Waals surface area contributed by atoms with Crippen LogP contribution in [0.25, 0.3) is 0 Å². The molecular weight excluding hydrogens is 360 g/mol. The van der Waals surface area contributed by atoms with Gasteiger partial charge in [0, 0.05) is 36.6 Å². The molecule has 134 valence electrons. The molecule has 1 aromatic heterocycles. The lowest BCUT2D eigenvalue weighted by Crippen LogP contribution is -2.35. The molecule has 1 aromatic carbocycles. The van der Waals surface area contributed by atoms with Crippen LogP contribution in [0.15, 0.2) is 29.6 Å². The second kappa shape index (κ2) is 9.15. The van der Waals surface area contributed by atoms with Gasteiger partial charge in [-0.1, -0.05) is 23.7 Å². The Kier molecular flexibility index (Phi) is 6.63. The van der Waals surface area contributed by atoms with E-state index in [1.165, 1.54) is 0 Å². The van der Waals surface area contributed by atoms with E-state index in [0.717, 1.165) is 49.1 Å². The molecule has 0 radical (unpaired) electrons. The van der Waals surface area contributed by atoms with Crippen LogP contribution < -0.4 is 10.6 Å². The largest absolute Gasteiger partial charge is 0.379 e. The molecule has 2 heterocycles. The molecule has 0 spiro atoms. The van der Waals surface area contributed by atoms with Gasteiger partial charge in [-0.15, -0.1) is 11.3 Å². The van der Waals surface area contributed by atoms with Gasteiger partial charge >= 0.3 is 6.03 Å². The van der Waals surface area contributed by atoms with Crippen molar-refractivity contribution in [1.82, 2.24) is 20.5 Å². The minimum atomic E-state index is -0.218. The Balaban J connectivity index is 1.40. The first kappa shape index (κ1) is 18.1. The topological polar surface area (TPSA) is 66.5 Å². The zero-order valence-corrected chi connectivity index (χ0v) is 15.4. The number of carbonyl (C=O) groups is 1. The summed E-state index contributed by atoms with van der Waals surface area (Å²) in [4.78, 5) is 18.8. The van der Waals surface area contributed by atoms with Gasteiger partial charge in [-0.05, 0) is 17.7 Å². The van der Waals surface area contributed by atoms with Crippen molar-refractivity contribution >= 4 is 29.0 Å².